The van der Waals surface area contributed by atoms with Gasteiger partial charge in [0.15, 0.2) is 5.75 Å². The van der Waals surface area contributed by atoms with Gasteiger partial charge in [-0.25, -0.2) is 4.99 Å². The number of Topliss-reactive ketones (excluding diaryl/α,β-unsaturated/α-hetero) is 1. The number of rotatable bonds is 3. The summed E-state index contributed by atoms with van der Waals surface area (Å²) in [6.07, 6.45) is 0. The third-order valence-electron chi connectivity index (χ3n) is 5.91. The number of hydrogen-bond acceptors (Lipinski definition) is 3. The van der Waals surface area contributed by atoms with Gasteiger partial charge in [-0.3, -0.25) is 4.79 Å². The minimum absolute atomic E-state index is 0.0426. The van der Waals surface area contributed by atoms with E-state index in [4.69, 9.17) is 0 Å². The molecule has 0 spiro atoms. The molecule has 0 saturated carbocycles. The Kier molecular flexibility index (Phi) is 4.05. The van der Waals surface area contributed by atoms with Gasteiger partial charge < -0.3 is 10.1 Å². The van der Waals surface area contributed by atoms with Crippen LogP contribution in [0.5, 0.6) is 5.75 Å². The minimum atomic E-state index is -0.192. The van der Waals surface area contributed by atoms with Crippen molar-refractivity contribution in [2.45, 2.75) is 0 Å². The molecule has 0 bridgehead atoms. The molecular formula is C28H18N2O2. The number of carbonyl (C=O) groups excluding carboxylic acids is 1. The second kappa shape index (κ2) is 7.06. The average Bonchev–Trinajstić information content (AvgIpc) is 3.36. The van der Waals surface area contributed by atoms with Crippen molar-refractivity contribution in [3.05, 3.63) is 108 Å². The number of aromatic nitrogens is 1. The molecular weight excluding hydrogens is 396 g/mol. The molecule has 1 aliphatic rings. The van der Waals surface area contributed by atoms with Crippen LogP contribution in [0.1, 0.15) is 16.1 Å². The van der Waals surface area contributed by atoms with Gasteiger partial charge in [-0.2, -0.15) is 0 Å². The molecule has 0 amide bonds. The van der Waals surface area contributed by atoms with Crippen LogP contribution in [-0.4, -0.2) is 21.6 Å². The summed E-state index contributed by atoms with van der Waals surface area (Å²) in [4.78, 5) is 21.0. The Labute approximate surface area is 184 Å². The number of nitrogens with one attached hydrogen (secondary N) is 1. The van der Waals surface area contributed by atoms with E-state index in [1.54, 1.807) is 0 Å². The number of ketones is 1. The Hall–Kier alpha value is -4.44. The zero-order valence-electron chi connectivity index (χ0n) is 17.0. The van der Waals surface area contributed by atoms with Crippen molar-refractivity contribution in [3.8, 4) is 28.0 Å². The highest BCUT2D eigenvalue weighted by Crippen LogP contribution is 2.38. The number of aliphatic imine (C=N–C) groups is 1. The van der Waals surface area contributed by atoms with Crippen LogP contribution in [0, 0.1) is 0 Å². The van der Waals surface area contributed by atoms with Crippen molar-refractivity contribution in [2.24, 2.45) is 4.99 Å². The van der Waals surface area contributed by atoms with Gasteiger partial charge in [0.2, 0.25) is 5.78 Å². The van der Waals surface area contributed by atoms with Crippen LogP contribution >= 0.6 is 0 Å². The maximum absolute atomic E-state index is 13.2. The zero-order valence-corrected chi connectivity index (χ0v) is 17.0. The quantitative estimate of drug-likeness (QED) is 0.353. The highest BCUT2D eigenvalue weighted by atomic mass is 16.3. The highest BCUT2D eigenvalue weighted by molar-refractivity contribution is 6.55. The van der Waals surface area contributed by atoms with Crippen molar-refractivity contribution in [2.75, 3.05) is 0 Å². The van der Waals surface area contributed by atoms with Crippen LogP contribution in [0.3, 0.4) is 0 Å². The molecule has 4 aromatic carbocycles. The number of aromatic amines is 1. The Morgan fingerprint density at radius 3 is 2.00 bits per heavy atom. The van der Waals surface area contributed by atoms with Gasteiger partial charge in [0.25, 0.3) is 0 Å². The SMILES string of the molecule is O=C1C(c2[nH]c3ccc(-c4ccccc4)cc3c2O)=Nc2ccc(-c3ccccc3)cc21. The second-order valence-corrected chi connectivity index (χ2v) is 7.86. The predicted molar refractivity (Wildman–Crippen MR) is 128 cm³/mol. The van der Waals surface area contributed by atoms with E-state index in [1.165, 1.54) is 0 Å². The van der Waals surface area contributed by atoms with Gasteiger partial charge >= 0.3 is 0 Å². The molecule has 6 rings (SSSR count). The number of benzene rings is 4. The van der Waals surface area contributed by atoms with E-state index in [9.17, 15) is 9.90 Å². The second-order valence-electron chi connectivity index (χ2n) is 7.86. The molecule has 0 radical (unpaired) electrons. The van der Waals surface area contributed by atoms with Gasteiger partial charge in [0.1, 0.15) is 11.4 Å². The lowest BCUT2D eigenvalue weighted by Gasteiger charge is -2.03. The van der Waals surface area contributed by atoms with Crippen LogP contribution in [-0.2, 0) is 0 Å². The summed E-state index contributed by atoms with van der Waals surface area (Å²) in [5, 5.41) is 11.7. The van der Waals surface area contributed by atoms with Gasteiger partial charge in [0.05, 0.1) is 11.3 Å². The molecule has 0 aliphatic carbocycles. The topological polar surface area (TPSA) is 65.5 Å². The largest absolute Gasteiger partial charge is 0.505 e. The molecule has 0 fully saturated rings. The smallest absolute Gasteiger partial charge is 0.215 e. The molecule has 2 N–H and O–H groups in total. The molecule has 0 saturated heterocycles. The molecule has 2 heterocycles. The van der Waals surface area contributed by atoms with Gasteiger partial charge in [0, 0.05) is 10.9 Å². The Morgan fingerprint density at radius 2 is 1.31 bits per heavy atom. The van der Waals surface area contributed by atoms with E-state index < -0.39 is 0 Å². The summed E-state index contributed by atoms with van der Waals surface area (Å²) in [7, 11) is 0. The maximum atomic E-state index is 13.2. The van der Waals surface area contributed by atoms with Crippen LogP contribution in [0.15, 0.2) is 102 Å². The fourth-order valence-electron chi connectivity index (χ4n) is 4.25. The number of H-pyrrole nitrogens is 1. The summed E-state index contributed by atoms with van der Waals surface area (Å²) in [5.41, 5.74) is 6.57. The van der Waals surface area contributed by atoms with Crippen molar-refractivity contribution in [1.82, 2.24) is 4.98 Å². The van der Waals surface area contributed by atoms with Gasteiger partial charge in [-0.05, 0) is 46.5 Å². The number of nitrogens with zero attached hydrogens (tertiary/aromatic N) is 1. The Morgan fingerprint density at radius 1 is 0.688 bits per heavy atom. The fraction of sp³-hybridized carbons (Fsp3) is 0. The fourth-order valence-corrected chi connectivity index (χ4v) is 4.25. The Bertz CT molecular complexity index is 1530. The first-order valence-electron chi connectivity index (χ1n) is 10.4. The molecule has 32 heavy (non-hydrogen) atoms. The summed E-state index contributed by atoms with van der Waals surface area (Å²) < 4.78 is 0. The van der Waals surface area contributed by atoms with Crippen LogP contribution in [0.25, 0.3) is 33.2 Å². The van der Waals surface area contributed by atoms with Crippen molar-refractivity contribution in [3.63, 3.8) is 0 Å². The molecule has 4 heteroatoms. The lowest BCUT2D eigenvalue weighted by atomic mass is 9.99. The summed E-state index contributed by atoms with van der Waals surface area (Å²) in [6, 6.07) is 31.4. The standard InChI is InChI=1S/C28H18N2O2/c31-27-21-15-19(17-7-3-1-4-8-17)11-13-23(21)29-25(27)26-28(32)22-16-20(12-14-24(22)30-26)18-9-5-2-6-10-18/h1-16,29,31H. The van der Waals surface area contributed by atoms with E-state index in [1.807, 2.05) is 97.1 Å². The maximum Gasteiger partial charge on any atom is 0.215 e. The first-order chi connectivity index (χ1) is 15.7. The third-order valence-corrected chi connectivity index (χ3v) is 5.91. The molecule has 5 aromatic rings. The summed E-state index contributed by atoms with van der Waals surface area (Å²) in [5.74, 6) is -0.149. The number of fused-ring (bicyclic) bond motifs is 2. The minimum Gasteiger partial charge on any atom is -0.505 e. The molecule has 1 aliphatic heterocycles. The monoisotopic (exact) mass is 414 g/mol. The van der Waals surface area contributed by atoms with E-state index in [0.29, 0.717) is 22.3 Å². The van der Waals surface area contributed by atoms with Gasteiger partial charge in [-0.1, -0.05) is 72.8 Å². The summed E-state index contributed by atoms with van der Waals surface area (Å²) >= 11 is 0. The van der Waals surface area contributed by atoms with E-state index in [2.05, 4.69) is 9.98 Å². The number of aromatic hydroxyl groups is 1. The van der Waals surface area contributed by atoms with Crippen LogP contribution in [0.4, 0.5) is 5.69 Å². The van der Waals surface area contributed by atoms with Crippen molar-refractivity contribution < 1.29 is 9.90 Å². The van der Waals surface area contributed by atoms with Crippen LogP contribution < -0.4 is 0 Å². The van der Waals surface area contributed by atoms with Crippen molar-refractivity contribution >= 4 is 28.1 Å². The number of carbonyl (C=O) groups is 1. The first kappa shape index (κ1) is 18.3. The molecule has 1 aromatic heterocycles. The third kappa shape index (κ3) is 2.85. The molecule has 0 atom stereocenters. The van der Waals surface area contributed by atoms with E-state index in [-0.39, 0.29) is 17.2 Å². The Balaban J connectivity index is 1.41. The van der Waals surface area contributed by atoms with E-state index >= 15 is 0 Å². The average molecular weight is 414 g/mol. The lowest BCUT2D eigenvalue weighted by molar-refractivity contribution is 0.107. The lowest BCUT2D eigenvalue weighted by Crippen LogP contribution is -2.11. The number of hydrogen-bond donors (Lipinski definition) is 2. The van der Waals surface area contributed by atoms with Crippen molar-refractivity contribution in [1.29, 1.82) is 0 Å². The van der Waals surface area contributed by atoms with E-state index in [0.717, 1.165) is 27.8 Å². The molecule has 0 unspecified atom stereocenters. The summed E-state index contributed by atoms with van der Waals surface area (Å²) in [6.45, 7) is 0. The highest BCUT2D eigenvalue weighted by Gasteiger charge is 2.30. The molecule has 4 nitrogen and oxygen atoms in total. The van der Waals surface area contributed by atoms with Gasteiger partial charge in [-0.15, -0.1) is 0 Å². The predicted octanol–water partition coefficient (Wildman–Crippen LogP) is 6.52. The molecule has 152 valence electrons. The normalized spacial score (nSPS) is 12.8. The first-order valence-corrected chi connectivity index (χ1v) is 10.4. The zero-order chi connectivity index (χ0) is 21.7. The van der Waals surface area contributed by atoms with Crippen LogP contribution in [0.2, 0.25) is 0 Å².